The van der Waals surface area contributed by atoms with Crippen molar-refractivity contribution in [1.82, 2.24) is 14.6 Å². The average Bonchev–Trinajstić information content (AvgIpc) is 2.90. The predicted octanol–water partition coefficient (Wildman–Crippen LogP) is 3.44. The number of amides is 1. The van der Waals surface area contributed by atoms with Gasteiger partial charge in [-0.15, -0.1) is 4.73 Å². The zero-order valence-corrected chi connectivity index (χ0v) is 20.0. The molecule has 11 heteroatoms. The van der Waals surface area contributed by atoms with Crippen LogP contribution in [-0.4, -0.2) is 40.2 Å². The molecule has 2 aromatic carbocycles. The van der Waals surface area contributed by atoms with Crippen LogP contribution in [0.4, 0.5) is 19.1 Å². The molecule has 0 aliphatic carbocycles. The SMILES string of the molecule is CCOn1c(NCCc2ccc(C(F)(F)F)cc2)nc2c(c1=O)CN(C(=O)c1ccc(C#N)cc1)CC2. The third-order valence-corrected chi connectivity index (χ3v) is 5.98. The minimum Gasteiger partial charge on any atom is -0.408 e. The van der Waals surface area contributed by atoms with Crippen molar-refractivity contribution in [2.45, 2.75) is 32.5 Å². The van der Waals surface area contributed by atoms with Gasteiger partial charge in [-0.3, -0.25) is 9.59 Å². The normalized spacial score (nSPS) is 13.0. The highest BCUT2D eigenvalue weighted by molar-refractivity contribution is 5.94. The van der Waals surface area contributed by atoms with Crippen LogP contribution in [0.5, 0.6) is 0 Å². The lowest BCUT2D eigenvalue weighted by Gasteiger charge is -2.29. The molecule has 0 saturated carbocycles. The zero-order valence-electron chi connectivity index (χ0n) is 20.0. The van der Waals surface area contributed by atoms with E-state index in [-0.39, 0.29) is 25.0 Å². The van der Waals surface area contributed by atoms with Gasteiger partial charge in [0.2, 0.25) is 5.95 Å². The number of fused-ring (bicyclic) bond motifs is 1. The zero-order chi connectivity index (χ0) is 26.6. The summed E-state index contributed by atoms with van der Waals surface area (Å²) in [4.78, 5) is 37.8. The Bertz CT molecular complexity index is 1380. The first-order valence-electron chi connectivity index (χ1n) is 11.7. The van der Waals surface area contributed by atoms with Crippen molar-refractivity contribution in [2.75, 3.05) is 25.0 Å². The molecular formula is C26H24F3N5O3. The predicted molar refractivity (Wildman–Crippen MR) is 129 cm³/mol. The maximum absolute atomic E-state index is 13.3. The second-order valence-corrected chi connectivity index (χ2v) is 8.42. The first-order chi connectivity index (χ1) is 17.7. The smallest absolute Gasteiger partial charge is 0.408 e. The van der Waals surface area contributed by atoms with Crippen molar-refractivity contribution in [2.24, 2.45) is 0 Å². The molecule has 0 saturated heterocycles. The number of nitrogens with one attached hydrogen (secondary N) is 1. The molecule has 1 amide bonds. The number of hydrogen-bond donors (Lipinski definition) is 1. The van der Waals surface area contributed by atoms with E-state index < -0.39 is 17.3 Å². The van der Waals surface area contributed by atoms with Crippen molar-refractivity contribution in [3.8, 4) is 6.07 Å². The molecule has 8 nitrogen and oxygen atoms in total. The van der Waals surface area contributed by atoms with Gasteiger partial charge in [0.05, 0.1) is 35.0 Å². The monoisotopic (exact) mass is 511 g/mol. The Labute approximate surface area is 210 Å². The molecule has 0 unspecified atom stereocenters. The highest BCUT2D eigenvalue weighted by Gasteiger charge is 2.30. The van der Waals surface area contributed by atoms with Crippen molar-refractivity contribution in [1.29, 1.82) is 5.26 Å². The first kappa shape index (κ1) is 25.8. The van der Waals surface area contributed by atoms with Crippen molar-refractivity contribution < 1.29 is 22.8 Å². The summed E-state index contributed by atoms with van der Waals surface area (Å²) >= 11 is 0. The number of anilines is 1. The number of hydrogen-bond acceptors (Lipinski definition) is 6. The minimum atomic E-state index is -4.39. The summed E-state index contributed by atoms with van der Waals surface area (Å²) in [6, 6.07) is 13.2. The van der Waals surface area contributed by atoms with Gasteiger partial charge in [-0.2, -0.15) is 18.4 Å². The van der Waals surface area contributed by atoms with Crippen LogP contribution in [0.3, 0.4) is 0 Å². The summed E-state index contributed by atoms with van der Waals surface area (Å²) in [6.07, 6.45) is -3.61. The molecule has 2 heterocycles. The Kier molecular flexibility index (Phi) is 7.47. The van der Waals surface area contributed by atoms with Crippen LogP contribution in [-0.2, 0) is 25.6 Å². The van der Waals surface area contributed by atoms with E-state index in [0.29, 0.717) is 53.9 Å². The van der Waals surface area contributed by atoms with E-state index in [0.717, 1.165) is 16.9 Å². The summed E-state index contributed by atoms with van der Waals surface area (Å²) < 4.78 is 39.4. The third-order valence-electron chi connectivity index (χ3n) is 5.98. The lowest BCUT2D eigenvalue weighted by atomic mass is 10.0. The number of nitriles is 1. The fourth-order valence-electron chi connectivity index (χ4n) is 4.04. The fraction of sp³-hybridized carbons (Fsp3) is 0.308. The Hall–Kier alpha value is -4.33. The van der Waals surface area contributed by atoms with E-state index in [1.165, 1.54) is 12.1 Å². The molecule has 0 bridgehead atoms. The largest absolute Gasteiger partial charge is 0.416 e. The summed E-state index contributed by atoms with van der Waals surface area (Å²) in [7, 11) is 0. The molecule has 0 atom stereocenters. The molecule has 37 heavy (non-hydrogen) atoms. The summed E-state index contributed by atoms with van der Waals surface area (Å²) in [5.74, 6) is -0.0550. The summed E-state index contributed by atoms with van der Waals surface area (Å²) in [5, 5.41) is 12.0. The number of halogens is 3. The van der Waals surface area contributed by atoms with Gasteiger partial charge in [-0.05, 0) is 55.3 Å². The fourth-order valence-corrected chi connectivity index (χ4v) is 4.04. The van der Waals surface area contributed by atoms with Gasteiger partial charge in [0.25, 0.3) is 11.5 Å². The number of nitrogens with zero attached hydrogens (tertiary/aromatic N) is 4. The van der Waals surface area contributed by atoms with Gasteiger partial charge in [-0.1, -0.05) is 12.1 Å². The first-order valence-corrected chi connectivity index (χ1v) is 11.7. The number of benzene rings is 2. The number of carbonyl (C=O) groups is 1. The Balaban J connectivity index is 1.49. The van der Waals surface area contributed by atoms with Gasteiger partial charge >= 0.3 is 6.18 Å². The van der Waals surface area contributed by atoms with E-state index in [1.54, 1.807) is 36.1 Å². The molecule has 3 aromatic rings. The van der Waals surface area contributed by atoms with Gasteiger partial charge in [0.1, 0.15) is 6.61 Å². The molecule has 1 N–H and O–H groups in total. The molecule has 0 fully saturated rings. The number of alkyl halides is 3. The summed E-state index contributed by atoms with van der Waals surface area (Å²) in [6.45, 7) is 2.66. The lowest BCUT2D eigenvalue weighted by molar-refractivity contribution is -0.137. The van der Waals surface area contributed by atoms with Crippen LogP contribution in [0.15, 0.2) is 53.3 Å². The highest BCUT2D eigenvalue weighted by Crippen LogP contribution is 2.29. The molecular weight excluding hydrogens is 487 g/mol. The minimum absolute atomic E-state index is 0.0684. The number of rotatable bonds is 7. The maximum Gasteiger partial charge on any atom is 0.416 e. The molecule has 1 aliphatic heterocycles. The molecule has 1 aromatic heterocycles. The Morgan fingerprint density at radius 3 is 2.49 bits per heavy atom. The van der Waals surface area contributed by atoms with Crippen LogP contribution in [0.2, 0.25) is 0 Å². The van der Waals surface area contributed by atoms with Crippen LogP contribution >= 0.6 is 0 Å². The van der Waals surface area contributed by atoms with Gasteiger partial charge in [-0.25, -0.2) is 4.98 Å². The van der Waals surface area contributed by atoms with Gasteiger partial charge in [0.15, 0.2) is 0 Å². The molecule has 1 aliphatic rings. The second-order valence-electron chi connectivity index (χ2n) is 8.42. The van der Waals surface area contributed by atoms with E-state index in [2.05, 4.69) is 10.3 Å². The second kappa shape index (κ2) is 10.7. The number of aromatic nitrogens is 2. The van der Waals surface area contributed by atoms with Gasteiger partial charge in [0, 0.05) is 25.1 Å². The lowest BCUT2D eigenvalue weighted by Crippen LogP contribution is -2.43. The highest BCUT2D eigenvalue weighted by atomic mass is 19.4. The summed E-state index contributed by atoms with van der Waals surface area (Å²) in [5.41, 5.74) is 1.33. The van der Waals surface area contributed by atoms with Crippen molar-refractivity contribution >= 4 is 11.9 Å². The third kappa shape index (κ3) is 5.74. The molecule has 4 rings (SSSR count). The van der Waals surface area contributed by atoms with Crippen molar-refractivity contribution in [3.63, 3.8) is 0 Å². The Morgan fingerprint density at radius 2 is 1.86 bits per heavy atom. The number of carbonyl (C=O) groups excluding carboxylic acids is 1. The molecule has 0 radical (unpaired) electrons. The standard InChI is InChI=1S/C26H24F3N5O3/c1-2-37-34-24(36)21-16-33(23(35)19-7-3-18(15-30)4-8-19)14-12-22(21)32-25(34)31-13-11-17-5-9-20(10-6-17)26(27,28)29/h3-10H,2,11-14,16H2,1H3,(H,31,32). The topological polar surface area (TPSA) is 100 Å². The quantitative estimate of drug-likeness (QED) is 0.522. The van der Waals surface area contributed by atoms with E-state index in [9.17, 15) is 22.8 Å². The van der Waals surface area contributed by atoms with Crippen LogP contribution < -0.4 is 15.7 Å². The van der Waals surface area contributed by atoms with E-state index in [4.69, 9.17) is 10.1 Å². The molecule has 0 spiro atoms. The maximum atomic E-state index is 13.3. The van der Waals surface area contributed by atoms with Crippen LogP contribution in [0.25, 0.3) is 0 Å². The molecule has 192 valence electrons. The van der Waals surface area contributed by atoms with Crippen molar-refractivity contribution in [3.05, 3.63) is 92.4 Å². The van der Waals surface area contributed by atoms with Crippen LogP contribution in [0.1, 0.15) is 45.2 Å². The Morgan fingerprint density at radius 1 is 1.16 bits per heavy atom. The van der Waals surface area contributed by atoms with E-state index >= 15 is 0 Å². The average molecular weight is 512 g/mol. The van der Waals surface area contributed by atoms with E-state index in [1.807, 2.05) is 6.07 Å². The van der Waals surface area contributed by atoms with Crippen LogP contribution in [0, 0.1) is 11.3 Å². The van der Waals surface area contributed by atoms with Gasteiger partial charge < -0.3 is 15.1 Å².